The molecule has 0 saturated carbocycles. The lowest BCUT2D eigenvalue weighted by atomic mass is 10.2. The maximum absolute atomic E-state index is 11.9. The molecule has 112 valence electrons. The lowest BCUT2D eigenvalue weighted by molar-refractivity contribution is -0.140. The van der Waals surface area contributed by atoms with Crippen LogP contribution in [0.4, 0.5) is 0 Å². The third-order valence-electron chi connectivity index (χ3n) is 3.20. The van der Waals surface area contributed by atoms with Crippen molar-refractivity contribution in [1.82, 2.24) is 4.72 Å². The molecule has 1 rings (SSSR count). The van der Waals surface area contributed by atoms with Gasteiger partial charge in [-0.05, 0) is 25.7 Å². The van der Waals surface area contributed by atoms with E-state index in [0.717, 1.165) is 19.3 Å². The van der Waals surface area contributed by atoms with Crippen molar-refractivity contribution < 1.29 is 22.7 Å². The van der Waals surface area contributed by atoms with E-state index in [1.165, 1.54) is 7.11 Å². The standard InChI is InChI=1S/C12H23NO5S/c1-17-12(14)5-3-2-4-8-13-19(15,16)11-6-9-18-10-7-11/h11,13H,2-10H2,1H3. The molecule has 0 radical (unpaired) electrons. The van der Waals surface area contributed by atoms with Crippen LogP contribution in [0.15, 0.2) is 0 Å². The lowest BCUT2D eigenvalue weighted by Crippen LogP contribution is -2.38. The van der Waals surface area contributed by atoms with Gasteiger partial charge in [0.2, 0.25) is 10.0 Å². The largest absolute Gasteiger partial charge is 0.469 e. The summed E-state index contributed by atoms with van der Waals surface area (Å²) in [6.07, 6.45) is 3.80. The zero-order chi connectivity index (χ0) is 14.1. The SMILES string of the molecule is COC(=O)CCCCCNS(=O)(=O)C1CCOCC1. The van der Waals surface area contributed by atoms with E-state index < -0.39 is 10.0 Å². The number of carbonyl (C=O) groups excluding carboxylic acids is 1. The van der Waals surface area contributed by atoms with Gasteiger partial charge >= 0.3 is 5.97 Å². The topological polar surface area (TPSA) is 81.7 Å². The Morgan fingerprint density at radius 1 is 1.26 bits per heavy atom. The Morgan fingerprint density at radius 3 is 2.58 bits per heavy atom. The Morgan fingerprint density at radius 2 is 1.95 bits per heavy atom. The highest BCUT2D eigenvalue weighted by molar-refractivity contribution is 7.90. The number of methoxy groups -OCH3 is 1. The average Bonchev–Trinajstić information content (AvgIpc) is 2.43. The first-order chi connectivity index (χ1) is 9.06. The molecule has 0 aliphatic carbocycles. The molecule has 1 saturated heterocycles. The zero-order valence-electron chi connectivity index (χ0n) is 11.4. The summed E-state index contributed by atoms with van der Waals surface area (Å²) in [4.78, 5) is 10.9. The monoisotopic (exact) mass is 293 g/mol. The Hall–Kier alpha value is -0.660. The van der Waals surface area contributed by atoms with E-state index in [0.29, 0.717) is 39.0 Å². The summed E-state index contributed by atoms with van der Waals surface area (Å²) in [5.41, 5.74) is 0. The molecule has 0 amide bonds. The van der Waals surface area contributed by atoms with Crippen LogP contribution in [0.1, 0.15) is 38.5 Å². The summed E-state index contributed by atoms with van der Waals surface area (Å²) in [7, 11) is -1.85. The summed E-state index contributed by atoms with van der Waals surface area (Å²) in [5, 5.41) is -0.323. The number of hydrogen-bond donors (Lipinski definition) is 1. The molecule has 6 nitrogen and oxygen atoms in total. The molecule has 0 atom stereocenters. The molecule has 0 spiro atoms. The smallest absolute Gasteiger partial charge is 0.305 e. The fourth-order valence-electron chi connectivity index (χ4n) is 1.99. The van der Waals surface area contributed by atoms with Crippen LogP contribution in [-0.4, -0.2) is 46.5 Å². The minimum Gasteiger partial charge on any atom is -0.469 e. The van der Waals surface area contributed by atoms with Crippen molar-refractivity contribution in [2.45, 2.75) is 43.8 Å². The van der Waals surface area contributed by atoms with Gasteiger partial charge in [0.05, 0.1) is 12.4 Å². The fourth-order valence-corrected chi connectivity index (χ4v) is 3.47. The van der Waals surface area contributed by atoms with Crippen LogP contribution in [0.25, 0.3) is 0 Å². The molecule has 1 aliphatic heterocycles. The van der Waals surface area contributed by atoms with Gasteiger partial charge in [0.15, 0.2) is 0 Å². The van der Waals surface area contributed by atoms with Crippen LogP contribution in [0, 0.1) is 0 Å². The second-order valence-corrected chi connectivity index (χ2v) is 6.68. The fraction of sp³-hybridized carbons (Fsp3) is 0.917. The van der Waals surface area contributed by atoms with E-state index in [9.17, 15) is 13.2 Å². The summed E-state index contributed by atoms with van der Waals surface area (Å²) in [5.74, 6) is -0.220. The normalized spacial score (nSPS) is 17.3. The van der Waals surface area contributed by atoms with Crippen molar-refractivity contribution in [1.29, 1.82) is 0 Å². The van der Waals surface area contributed by atoms with E-state index >= 15 is 0 Å². The van der Waals surface area contributed by atoms with E-state index in [4.69, 9.17) is 4.74 Å². The van der Waals surface area contributed by atoms with Gasteiger partial charge in [-0.2, -0.15) is 0 Å². The maximum atomic E-state index is 11.9. The van der Waals surface area contributed by atoms with Crippen LogP contribution in [0.3, 0.4) is 0 Å². The summed E-state index contributed by atoms with van der Waals surface area (Å²) >= 11 is 0. The molecule has 19 heavy (non-hydrogen) atoms. The number of rotatable bonds is 8. The number of hydrogen-bond acceptors (Lipinski definition) is 5. The van der Waals surface area contributed by atoms with Crippen LogP contribution in [-0.2, 0) is 24.3 Å². The molecule has 0 bridgehead atoms. The third kappa shape index (κ3) is 6.35. The molecule has 1 heterocycles. The van der Waals surface area contributed by atoms with Crippen LogP contribution < -0.4 is 4.72 Å². The van der Waals surface area contributed by atoms with Crippen molar-refractivity contribution in [3.63, 3.8) is 0 Å². The second-order valence-electron chi connectivity index (χ2n) is 4.64. The second kappa shape index (κ2) is 8.50. The highest BCUT2D eigenvalue weighted by atomic mass is 32.2. The highest BCUT2D eigenvalue weighted by Crippen LogP contribution is 2.14. The summed E-state index contributed by atoms with van der Waals surface area (Å²) in [6.45, 7) is 1.47. The summed E-state index contributed by atoms with van der Waals surface area (Å²) in [6, 6.07) is 0. The molecule has 0 aromatic heterocycles. The van der Waals surface area contributed by atoms with Crippen molar-refractivity contribution >= 4 is 16.0 Å². The molecular weight excluding hydrogens is 270 g/mol. The number of esters is 1. The molecule has 1 aliphatic rings. The van der Waals surface area contributed by atoms with Crippen molar-refractivity contribution in [2.75, 3.05) is 26.9 Å². The first kappa shape index (κ1) is 16.4. The molecule has 0 aromatic carbocycles. The van der Waals surface area contributed by atoms with Gasteiger partial charge in [-0.15, -0.1) is 0 Å². The first-order valence-corrected chi connectivity index (χ1v) is 8.24. The minimum atomic E-state index is -3.21. The zero-order valence-corrected chi connectivity index (χ0v) is 12.2. The predicted octanol–water partition coefficient (Wildman–Crippen LogP) is 0.818. The first-order valence-electron chi connectivity index (χ1n) is 6.69. The van der Waals surface area contributed by atoms with Crippen molar-refractivity contribution in [3.8, 4) is 0 Å². The van der Waals surface area contributed by atoms with Gasteiger partial charge in [0.25, 0.3) is 0 Å². The average molecular weight is 293 g/mol. The van der Waals surface area contributed by atoms with Crippen molar-refractivity contribution in [3.05, 3.63) is 0 Å². The minimum absolute atomic E-state index is 0.220. The van der Waals surface area contributed by atoms with Gasteiger partial charge in [0.1, 0.15) is 0 Å². The Labute approximate surface area is 114 Å². The van der Waals surface area contributed by atoms with Gasteiger partial charge < -0.3 is 9.47 Å². The van der Waals surface area contributed by atoms with Crippen LogP contribution in [0.2, 0.25) is 0 Å². The predicted molar refractivity (Wildman–Crippen MR) is 71.2 cm³/mol. The van der Waals surface area contributed by atoms with Gasteiger partial charge in [-0.3, -0.25) is 4.79 Å². The number of sulfonamides is 1. The lowest BCUT2D eigenvalue weighted by Gasteiger charge is -2.22. The van der Waals surface area contributed by atoms with Crippen LogP contribution in [0.5, 0.6) is 0 Å². The molecule has 1 N–H and O–H groups in total. The molecule has 0 unspecified atom stereocenters. The number of nitrogens with one attached hydrogen (secondary N) is 1. The van der Waals surface area contributed by atoms with Gasteiger partial charge in [-0.25, -0.2) is 13.1 Å². The Balaban J connectivity index is 2.12. The quantitative estimate of drug-likeness (QED) is 0.529. The van der Waals surface area contributed by atoms with E-state index in [-0.39, 0.29) is 11.2 Å². The van der Waals surface area contributed by atoms with Gasteiger partial charge in [-0.1, -0.05) is 6.42 Å². The highest BCUT2D eigenvalue weighted by Gasteiger charge is 2.26. The summed E-state index contributed by atoms with van der Waals surface area (Å²) < 4.78 is 36.2. The maximum Gasteiger partial charge on any atom is 0.305 e. The number of unbranched alkanes of at least 4 members (excludes halogenated alkanes) is 2. The van der Waals surface area contributed by atoms with E-state index in [1.54, 1.807) is 0 Å². The Kier molecular flexibility index (Phi) is 7.33. The number of carbonyl (C=O) groups is 1. The number of ether oxygens (including phenoxy) is 2. The van der Waals surface area contributed by atoms with E-state index in [2.05, 4.69) is 9.46 Å². The molecule has 1 fully saturated rings. The van der Waals surface area contributed by atoms with E-state index in [1.807, 2.05) is 0 Å². The molecule has 7 heteroatoms. The third-order valence-corrected chi connectivity index (χ3v) is 5.15. The van der Waals surface area contributed by atoms with Crippen molar-refractivity contribution in [2.24, 2.45) is 0 Å². The van der Waals surface area contributed by atoms with Gasteiger partial charge in [0, 0.05) is 26.2 Å². The molecular formula is C12H23NO5S. The molecule has 0 aromatic rings. The van der Waals surface area contributed by atoms with Crippen LogP contribution >= 0.6 is 0 Å². The Bertz CT molecular complexity index is 362.